The molecule has 86 valence electrons. The van der Waals surface area contributed by atoms with Crippen molar-refractivity contribution in [2.75, 3.05) is 18.5 Å². The highest BCUT2D eigenvalue weighted by atomic mass is 16.4. The zero-order valence-electron chi connectivity index (χ0n) is 8.68. The maximum atomic E-state index is 10.5. The van der Waals surface area contributed by atoms with Gasteiger partial charge in [-0.15, -0.1) is 0 Å². The van der Waals surface area contributed by atoms with Gasteiger partial charge in [-0.1, -0.05) is 0 Å². The molecule has 0 spiro atoms. The Labute approximate surface area is 92.4 Å². The molecule has 1 aromatic rings. The first kappa shape index (κ1) is 10.8. The lowest BCUT2D eigenvalue weighted by molar-refractivity contribution is 0.0690. The number of aliphatic hydroxyl groups is 1. The largest absolute Gasteiger partial charge is 0.476 e. The van der Waals surface area contributed by atoms with E-state index in [1.807, 2.05) is 0 Å². The number of hydrogen-bond donors (Lipinski definition) is 3. The summed E-state index contributed by atoms with van der Waals surface area (Å²) in [6, 6.07) is 0. The zero-order chi connectivity index (χ0) is 11.6. The third-order valence-corrected chi connectivity index (χ3v) is 2.81. The van der Waals surface area contributed by atoms with Crippen molar-refractivity contribution in [1.82, 2.24) is 9.97 Å². The average molecular weight is 223 g/mol. The van der Waals surface area contributed by atoms with Crippen molar-refractivity contribution >= 4 is 11.8 Å². The van der Waals surface area contributed by atoms with E-state index in [2.05, 4.69) is 15.3 Å². The van der Waals surface area contributed by atoms with Gasteiger partial charge in [0.05, 0.1) is 19.0 Å². The summed E-state index contributed by atoms with van der Waals surface area (Å²) in [5.74, 6) is -0.558. The highest BCUT2D eigenvalue weighted by molar-refractivity contribution is 5.84. The number of nitrogens with zero attached hydrogens (tertiary/aromatic N) is 2. The summed E-state index contributed by atoms with van der Waals surface area (Å²) >= 11 is 0. The number of rotatable bonds is 5. The Bertz CT molecular complexity index is 387. The van der Waals surface area contributed by atoms with Gasteiger partial charge in [0.1, 0.15) is 5.82 Å². The van der Waals surface area contributed by atoms with E-state index < -0.39 is 5.97 Å². The summed E-state index contributed by atoms with van der Waals surface area (Å²) in [7, 11) is 0. The van der Waals surface area contributed by atoms with E-state index in [1.165, 1.54) is 12.4 Å². The van der Waals surface area contributed by atoms with Gasteiger partial charge in [-0.2, -0.15) is 0 Å². The third kappa shape index (κ3) is 2.27. The van der Waals surface area contributed by atoms with Gasteiger partial charge in [0, 0.05) is 12.0 Å². The maximum absolute atomic E-state index is 10.5. The van der Waals surface area contributed by atoms with Crippen LogP contribution in [-0.4, -0.2) is 39.3 Å². The molecule has 0 saturated heterocycles. The topological polar surface area (TPSA) is 95.3 Å². The predicted molar refractivity (Wildman–Crippen MR) is 56.2 cm³/mol. The molecule has 0 bridgehead atoms. The number of aromatic nitrogens is 2. The molecule has 0 aliphatic heterocycles. The lowest BCUT2D eigenvalue weighted by atomic mass is 10.1. The normalized spacial score (nSPS) is 16.8. The second-order valence-corrected chi connectivity index (χ2v) is 4.10. The summed E-state index contributed by atoms with van der Waals surface area (Å²) in [6.07, 6.45) is 4.62. The third-order valence-electron chi connectivity index (χ3n) is 2.81. The van der Waals surface area contributed by atoms with Crippen molar-refractivity contribution in [2.24, 2.45) is 5.41 Å². The Morgan fingerprint density at radius 1 is 1.44 bits per heavy atom. The standard InChI is InChI=1S/C10H13N3O3/c14-6-10(1-2-10)5-13-8-4-11-7(3-12-8)9(15)16/h3-4,14H,1-2,5-6H2,(H,12,13)(H,15,16). The molecule has 3 N–H and O–H groups in total. The van der Waals surface area contributed by atoms with Gasteiger partial charge in [0.25, 0.3) is 0 Å². The summed E-state index contributed by atoms with van der Waals surface area (Å²) in [5, 5.41) is 20.8. The molecule has 0 unspecified atom stereocenters. The minimum absolute atomic E-state index is 0.00680. The Balaban J connectivity index is 1.93. The van der Waals surface area contributed by atoms with Crippen LogP contribution in [0.3, 0.4) is 0 Å². The molecule has 0 amide bonds. The van der Waals surface area contributed by atoms with Crippen molar-refractivity contribution in [3.8, 4) is 0 Å². The van der Waals surface area contributed by atoms with Gasteiger partial charge in [0.15, 0.2) is 5.69 Å². The molecule has 2 rings (SSSR count). The molecule has 1 heterocycles. The molecule has 6 heteroatoms. The summed E-state index contributed by atoms with van der Waals surface area (Å²) < 4.78 is 0. The van der Waals surface area contributed by atoms with Gasteiger partial charge in [-0.25, -0.2) is 14.8 Å². The number of carboxylic acids is 1. The second kappa shape index (κ2) is 4.05. The van der Waals surface area contributed by atoms with Gasteiger partial charge in [-0.05, 0) is 12.8 Å². The molecule has 6 nitrogen and oxygen atoms in total. The smallest absolute Gasteiger partial charge is 0.356 e. The number of carbonyl (C=O) groups is 1. The fraction of sp³-hybridized carbons (Fsp3) is 0.500. The molecule has 1 saturated carbocycles. The number of anilines is 1. The van der Waals surface area contributed by atoms with E-state index in [0.717, 1.165) is 12.8 Å². The van der Waals surface area contributed by atoms with Gasteiger partial charge in [0.2, 0.25) is 0 Å². The summed E-state index contributed by atoms with van der Waals surface area (Å²) in [6.45, 7) is 0.811. The van der Waals surface area contributed by atoms with Crippen LogP contribution in [0.4, 0.5) is 5.82 Å². The molecule has 0 radical (unpaired) electrons. The monoisotopic (exact) mass is 223 g/mol. The molecular weight excluding hydrogens is 210 g/mol. The highest BCUT2D eigenvalue weighted by Gasteiger charge is 2.41. The Hall–Kier alpha value is -1.69. The lowest BCUT2D eigenvalue weighted by Gasteiger charge is -2.12. The van der Waals surface area contributed by atoms with Crippen molar-refractivity contribution in [3.05, 3.63) is 18.1 Å². The van der Waals surface area contributed by atoms with Crippen LogP contribution in [-0.2, 0) is 0 Å². The summed E-state index contributed by atoms with van der Waals surface area (Å²) in [4.78, 5) is 18.2. The molecule has 0 atom stereocenters. The lowest BCUT2D eigenvalue weighted by Crippen LogP contribution is -2.19. The Morgan fingerprint density at radius 2 is 2.19 bits per heavy atom. The minimum atomic E-state index is -1.09. The van der Waals surface area contributed by atoms with Crippen LogP contribution >= 0.6 is 0 Å². The van der Waals surface area contributed by atoms with E-state index in [-0.39, 0.29) is 17.7 Å². The molecular formula is C10H13N3O3. The quantitative estimate of drug-likeness (QED) is 0.667. The van der Waals surface area contributed by atoms with E-state index in [1.54, 1.807) is 0 Å². The molecule has 1 aliphatic carbocycles. The van der Waals surface area contributed by atoms with E-state index >= 15 is 0 Å². The number of aromatic carboxylic acids is 1. The van der Waals surface area contributed by atoms with E-state index in [4.69, 9.17) is 10.2 Å². The van der Waals surface area contributed by atoms with Crippen molar-refractivity contribution < 1.29 is 15.0 Å². The van der Waals surface area contributed by atoms with Crippen LogP contribution in [0.2, 0.25) is 0 Å². The van der Waals surface area contributed by atoms with Crippen LogP contribution in [0.5, 0.6) is 0 Å². The van der Waals surface area contributed by atoms with Crippen molar-refractivity contribution in [3.63, 3.8) is 0 Å². The SMILES string of the molecule is O=C(O)c1cnc(NCC2(CO)CC2)cn1. The molecule has 0 aromatic carbocycles. The predicted octanol–water partition coefficient (Wildman–Crippen LogP) is 0.359. The second-order valence-electron chi connectivity index (χ2n) is 4.10. The first-order valence-corrected chi connectivity index (χ1v) is 5.05. The van der Waals surface area contributed by atoms with Crippen LogP contribution in [0.1, 0.15) is 23.3 Å². The number of aliphatic hydroxyl groups excluding tert-OH is 1. The highest BCUT2D eigenvalue weighted by Crippen LogP contribution is 2.44. The van der Waals surface area contributed by atoms with Crippen LogP contribution in [0.15, 0.2) is 12.4 Å². The van der Waals surface area contributed by atoms with Crippen molar-refractivity contribution in [2.45, 2.75) is 12.8 Å². The van der Waals surface area contributed by atoms with Gasteiger partial charge < -0.3 is 15.5 Å². The van der Waals surface area contributed by atoms with E-state index in [0.29, 0.717) is 12.4 Å². The Kier molecular flexibility index (Phi) is 2.74. The van der Waals surface area contributed by atoms with E-state index in [9.17, 15) is 4.79 Å². The summed E-state index contributed by atoms with van der Waals surface area (Å²) in [5.41, 5.74) is -0.0819. The van der Waals surface area contributed by atoms with Crippen LogP contribution in [0.25, 0.3) is 0 Å². The molecule has 1 fully saturated rings. The maximum Gasteiger partial charge on any atom is 0.356 e. The number of nitrogens with one attached hydrogen (secondary N) is 1. The minimum Gasteiger partial charge on any atom is -0.476 e. The fourth-order valence-electron chi connectivity index (χ4n) is 1.38. The van der Waals surface area contributed by atoms with Gasteiger partial charge >= 0.3 is 5.97 Å². The number of carboxylic acid groups (broad SMARTS) is 1. The number of hydrogen-bond acceptors (Lipinski definition) is 5. The fourth-order valence-corrected chi connectivity index (χ4v) is 1.38. The molecule has 16 heavy (non-hydrogen) atoms. The van der Waals surface area contributed by atoms with Crippen LogP contribution < -0.4 is 5.32 Å². The van der Waals surface area contributed by atoms with Crippen molar-refractivity contribution in [1.29, 1.82) is 0 Å². The molecule has 1 aliphatic rings. The first-order chi connectivity index (χ1) is 7.65. The van der Waals surface area contributed by atoms with Gasteiger partial charge in [-0.3, -0.25) is 0 Å². The zero-order valence-corrected chi connectivity index (χ0v) is 8.68. The van der Waals surface area contributed by atoms with Crippen LogP contribution in [0, 0.1) is 5.41 Å². The molecule has 1 aromatic heterocycles. The average Bonchev–Trinajstić information content (AvgIpc) is 3.08. The first-order valence-electron chi connectivity index (χ1n) is 5.05. The Morgan fingerprint density at radius 3 is 2.62 bits per heavy atom.